The van der Waals surface area contributed by atoms with Gasteiger partial charge in [-0.1, -0.05) is 0 Å². The Morgan fingerprint density at radius 1 is 0.955 bits per heavy atom. The van der Waals surface area contributed by atoms with Gasteiger partial charge >= 0.3 is 0 Å². The van der Waals surface area contributed by atoms with Crippen LogP contribution in [0.1, 0.15) is 12.8 Å². The summed E-state index contributed by atoms with van der Waals surface area (Å²) in [6, 6.07) is 13.0. The van der Waals surface area contributed by atoms with Crippen molar-refractivity contribution in [3.8, 4) is 39.5 Å². The molecule has 1 aromatic carbocycles. The van der Waals surface area contributed by atoms with Gasteiger partial charge in [-0.15, -0.1) is 0 Å². The van der Waals surface area contributed by atoms with Crippen molar-refractivity contribution >= 4 is 27.6 Å². The number of hydrogen-bond donors (Lipinski definition) is 4. The Labute approximate surface area is 254 Å². The van der Waals surface area contributed by atoms with Crippen molar-refractivity contribution in [2.75, 3.05) is 45.6 Å². The summed E-state index contributed by atoms with van der Waals surface area (Å²) in [6.07, 6.45) is 9.27. The third-order valence-corrected chi connectivity index (χ3v) is 7.92. The molecule has 0 unspecified atom stereocenters. The molecule has 1 saturated heterocycles. The van der Waals surface area contributed by atoms with E-state index in [0.717, 1.165) is 77.0 Å². The number of anilines is 1. The topological polar surface area (TPSA) is 120 Å². The van der Waals surface area contributed by atoms with Gasteiger partial charge in [-0.25, -0.2) is 9.37 Å². The Hall–Kier alpha value is -4.87. The van der Waals surface area contributed by atoms with E-state index in [1.807, 2.05) is 44.6 Å². The number of piperidine rings is 1. The molecule has 1 fully saturated rings. The lowest BCUT2D eigenvalue weighted by molar-refractivity contribution is 0.162. The van der Waals surface area contributed by atoms with E-state index in [-0.39, 0.29) is 11.9 Å². The van der Waals surface area contributed by atoms with E-state index in [1.165, 1.54) is 12.1 Å². The highest BCUT2D eigenvalue weighted by Gasteiger charge is 2.18. The van der Waals surface area contributed by atoms with Crippen LogP contribution in [0, 0.1) is 5.82 Å². The highest BCUT2D eigenvalue weighted by Crippen LogP contribution is 2.35. The Morgan fingerprint density at radius 2 is 1.82 bits per heavy atom. The highest BCUT2D eigenvalue weighted by molar-refractivity contribution is 6.00. The smallest absolute Gasteiger partial charge is 0.181 e. The molecule has 0 bridgehead atoms. The summed E-state index contributed by atoms with van der Waals surface area (Å²) in [4.78, 5) is 19.3. The maximum absolute atomic E-state index is 14.7. The van der Waals surface area contributed by atoms with Gasteiger partial charge in [-0.2, -0.15) is 5.10 Å². The first-order valence-electron chi connectivity index (χ1n) is 14.8. The van der Waals surface area contributed by atoms with Crippen LogP contribution in [0.4, 0.5) is 10.1 Å². The summed E-state index contributed by atoms with van der Waals surface area (Å²) in [6.45, 7) is 3.47. The van der Waals surface area contributed by atoms with Crippen LogP contribution in [0.3, 0.4) is 0 Å². The Balaban J connectivity index is 1.21. The van der Waals surface area contributed by atoms with E-state index in [9.17, 15) is 4.39 Å². The lowest BCUT2D eigenvalue weighted by Crippen LogP contribution is -2.34. The number of H-pyrrole nitrogens is 2. The van der Waals surface area contributed by atoms with Gasteiger partial charge in [-0.05, 0) is 82.5 Å². The van der Waals surface area contributed by atoms with Crippen molar-refractivity contribution in [1.82, 2.24) is 40.3 Å². The fraction of sp³-hybridized carbons (Fsp3) is 0.273. The van der Waals surface area contributed by atoms with Crippen LogP contribution in [0.15, 0.2) is 67.3 Å². The first kappa shape index (κ1) is 27.9. The second-order valence-electron chi connectivity index (χ2n) is 11.4. The molecule has 224 valence electrons. The van der Waals surface area contributed by atoms with Gasteiger partial charge in [0.2, 0.25) is 0 Å². The van der Waals surface area contributed by atoms with E-state index in [1.54, 1.807) is 18.6 Å². The van der Waals surface area contributed by atoms with Gasteiger partial charge in [0, 0.05) is 70.3 Å². The molecule has 5 aromatic heterocycles. The van der Waals surface area contributed by atoms with Gasteiger partial charge in [-0.3, -0.25) is 15.1 Å². The van der Waals surface area contributed by atoms with Crippen molar-refractivity contribution in [1.29, 1.82) is 0 Å². The molecule has 0 amide bonds. The molecule has 0 atom stereocenters. The van der Waals surface area contributed by atoms with Gasteiger partial charge < -0.3 is 25.3 Å². The predicted molar refractivity (Wildman–Crippen MR) is 171 cm³/mol. The second kappa shape index (κ2) is 12.0. The maximum atomic E-state index is 14.7. The molecule has 0 saturated carbocycles. The monoisotopic (exact) mass is 591 g/mol. The first-order chi connectivity index (χ1) is 21.5. The zero-order chi connectivity index (χ0) is 30.0. The fourth-order valence-electron chi connectivity index (χ4n) is 5.68. The summed E-state index contributed by atoms with van der Waals surface area (Å²) in [5.41, 5.74) is 7.07. The van der Waals surface area contributed by atoms with Crippen LogP contribution in [0.2, 0.25) is 0 Å². The number of nitrogens with zero attached hydrogens (tertiary/aromatic N) is 5. The number of likely N-dealkylation sites (N-methyl/N-ethyl adjacent to an activating group) is 1. The van der Waals surface area contributed by atoms with Crippen LogP contribution in [-0.4, -0.2) is 81.4 Å². The van der Waals surface area contributed by atoms with Gasteiger partial charge in [0.1, 0.15) is 17.7 Å². The molecule has 0 aliphatic carbocycles. The lowest BCUT2D eigenvalue weighted by atomic mass is 10.1. The third-order valence-electron chi connectivity index (χ3n) is 7.92. The van der Waals surface area contributed by atoms with Crippen molar-refractivity contribution in [3.63, 3.8) is 0 Å². The second-order valence-corrected chi connectivity index (χ2v) is 11.4. The van der Waals surface area contributed by atoms with Crippen molar-refractivity contribution in [3.05, 3.63) is 73.1 Å². The van der Waals surface area contributed by atoms with Gasteiger partial charge in [0.15, 0.2) is 5.65 Å². The minimum atomic E-state index is -0.317. The molecule has 6 aromatic rings. The largest absolute Gasteiger partial charge is 0.489 e. The van der Waals surface area contributed by atoms with Crippen LogP contribution >= 0.6 is 0 Å². The lowest BCUT2D eigenvalue weighted by Gasteiger charge is -2.23. The summed E-state index contributed by atoms with van der Waals surface area (Å²) in [5.74, 6) is 0.438. The first-order valence-corrected chi connectivity index (χ1v) is 14.8. The van der Waals surface area contributed by atoms with Gasteiger partial charge in [0.25, 0.3) is 0 Å². The van der Waals surface area contributed by atoms with E-state index in [2.05, 4.69) is 51.7 Å². The average Bonchev–Trinajstić information content (AvgIpc) is 3.65. The number of hydrogen-bond acceptors (Lipinski definition) is 8. The zero-order valence-corrected chi connectivity index (χ0v) is 24.7. The Morgan fingerprint density at radius 3 is 2.68 bits per heavy atom. The van der Waals surface area contributed by atoms with Crippen LogP contribution in [0.5, 0.6) is 5.75 Å². The molecular weight excluding hydrogens is 557 g/mol. The molecule has 1 aliphatic rings. The standard InChI is InChI=1S/C33H34FN9O/c1-43(2)10-9-37-24-12-20(11-23(34)15-24)31-27-16-30(40-29(27)5-8-38-31)32-28-14-22(18-39-33(28)42-41-32)21-13-26(19-36-17-21)44-25-3-6-35-7-4-25/h5,8,11-19,25,35,37,40H,3-4,6-7,9-10H2,1-2H3,(H,39,41,42). The summed E-state index contributed by atoms with van der Waals surface area (Å²) in [7, 11) is 4.01. The molecule has 7 rings (SSSR count). The Kier molecular flexibility index (Phi) is 7.63. The fourth-order valence-corrected chi connectivity index (χ4v) is 5.68. The summed E-state index contributed by atoms with van der Waals surface area (Å²) < 4.78 is 20.9. The average molecular weight is 592 g/mol. The molecular formula is C33H34FN9O. The zero-order valence-electron chi connectivity index (χ0n) is 24.7. The minimum Gasteiger partial charge on any atom is -0.489 e. The number of ether oxygens (including phenoxy) is 1. The third kappa shape index (κ3) is 5.84. The highest BCUT2D eigenvalue weighted by atomic mass is 19.1. The number of rotatable bonds is 9. The molecule has 11 heteroatoms. The van der Waals surface area contributed by atoms with Crippen LogP contribution in [-0.2, 0) is 0 Å². The SMILES string of the molecule is CN(C)CCNc1cc(F)cc(-c2nccc3[nH]c(-c4[nH]nc5ncc(-c6cncc(OC7CCNCC7)c6)cc45)cc23)c1. The molecule has 6 heterocycles. The number of nitrogens with one attached hydrogen (secondary N) is 4. The van der Waals surface area contributed by atoms with E-state index < -0.39 is 0 Å². The number of aromatic nitrogens is 6. The minimum absolute atomic E-state index is 0.189. The van der Waals surface area contributed by atoms with E-state index in [4.69, 9.17) is 4.74 Å². The molecule has 10 nitrogen and oxygen atoms in total. The summed E-state index contributed by atoms with van der Waals surface area (Å²) in [5, 5.41) is 16.0. The Bertz CT molecular complexity index is 1930. The molecule has 0 spiro atoms. The summed E-state index contributed by atoms with van der Waals surface area (Å²) >= 11 is 0. The van der Waals surface area contributed by atoms with Gasteiger partial charge in [0.05, 0.1) is 23.3 Å². The quantitative estimate of drug-likeness (QED) is 0.175. The van der Waals surface area contributed by atoms with Crippen molar-refractivity contribution in [2.45, 2.75) is 18.9 Å². The van der Waals surface area contributed by atoms with Crippen LogP contribution in [0.25, 0.3) is 55.7 Å². The number of halogens is 1. The molecule has 44 heavy (non-hydrogen) atoms. The number of benzene rings is 1. The van der Waals surface area contributed by atoms with E-state index in [0.29, 0.717) is 29.1 Å². The van der Waals surface area contributed by atoms with E-state index >= 15 is 0 Å². The van der Waals surface area contributed by atoms with Crippen molar-refractivity contribution < 1.29 is 9.13 Å². The van der Waals surface area contributed by atoms with Crippen LogP contribution < -0.4 is 15.4 Å². The number of fused-ring (bicyclic) bond motifs is 2. The molecule has 4 N–H and O–H groups in total. The molecule has 1 aliphatic heterocycles. The number of pyridine rings is 3. The maximum Gasteiger partial charge on any atom is 0.181 e. The predicted octanol–water partition coefficient (Wildman–Crippen LogP) is 5.47. The van der Waals surface area contributed by atoms with Crippen molar-refractivity contribution in [2.24, 2.45) is 0 Å². The number of aromatic amines is 2. The normalized spacial score (nSPS) is 14.1. The molecule has 0 radical (unpaired) electrons.